The molecule has 1 aliphatic heterocycles. The third-order valence-corrected chi connectivity index (χ3v) is 3.82. The van der Waals surface area contributed by atoms with Crippen LogP contribution in [0.3, 0.4) is 0 Å². The zero-order chi connectivity index (χ0) is 21.6. The summed E-state index contributed by atoms with van der Waals surface area (Å²) < 4.78 is 167. The van der Waals surface area contributed by atoms with E-state index in [1.807, 2.05) is 0 Å². The molecule has 1 fully saturated rings. The molecule has 2 atom stereocenters. The molecule has 27 heavy (non-hydrogen) atoms. The van der Waals surface area contributed by atoms with Gasteiger partial charge in [-0.2, -0.15) is 57.1 Å². The van der Waals surface area contributed by atoms with Crippen molar-refractivity contribution >= 4 is 0 Å². The average Bonchev–Trinajstić information content (AvgIpc) is 2.43. The van der Waals surface area contributed by atoms with Gasteiger partial charge in [0, 0.05) is 20.1 Å². The lowest BCUT2D eigenvalue weighted by atomic mass is 9.88. The molecule has 1 saturated heterocycles. The summed E-state index contributed by atoms with van der Waals surface area (Å²) >= 11 is 0. The molecule has 0 saturated carbocycles. The van der Waals surface area contributed by atoms with E-state index in [-0.39, 0.29) is 7.05 Å². The zero-order valence-corrected chi connectivity index (χ0v) is 13.1. The summed E-state index contributed by atoms with van der Waals surface area (Å²) in [6.45, 7) is -3.40. The lowest BCUT2D eigenvalue weighted by molar-refractivity contribution is -0.248. The minimum absolute atomic E-state index is 0.138. The Hall–Kier alpha value is -1.57. The molecule has 0 aromatic carbocycles. The van der Waals surface area contributed by atoms with Gasteiger partial charge in [-0.3, -0.25) is 4.90 Å². The molecular formula is C12H11F13N2. The van der Waals surface area contributed by atoms with Gasteiger partial charge in [-0.15, -0.1) is 0 Å². The third-order valence-electron chi connectivity index (χ3n) is 3.82. The number of allylic oxidation sites excluding steroid dienone is 1. The molecule has 0 aromatic heterocycles. The van der Waals surface area contributed by atoms with Crippen molar-refractivity contribution in [2.75, 3.05) is 20.1 Å². The van der Waals surface area contributed by atoms with E-state index in [1.165, 1.54) is 0 Å². The highest BCUT2D eigenvalue weighted by Crippen LogP contribution is 2.44. The first-order valence-electron chi connectivity index (χ1n) is 6.92. The summed E-state index contributed by atoms with van der Waals surface area (Å²) in [6, 6.07) is 0. The highest BCUT2D eigenvalue weighted by molar-refractivity contribution is 5.13. The fourth-order valence-corrected chi connectivity index (χ4v) is 2.49. The third kappa shape index (κ3) is 5.70. The van der Waals surface area contributed by atoms with Crippen LogP contribution < -0.4 is 0 Å². The van der Waals surface area contributed by atoms with E-state index < -0.39 is 77.6 Å². The largest absolute Gasteiger partial charge is 0.485 e. The van der Waals surface area contributed by atoms with Crippen molar-refractivity contribution < 1.29 is 57.1 Å². The van der Waals surface area contributed by atoms with Crippen molar-refractivity contribution in [2.24, 2.45) is 11.8 Å². The van der Waals surface area contributed by atoms with E-state index in [1.54, 1.807) is 0 Å². The van der Waals surface area contributed by atoms with Crippen LogP contribution in [0.15, 0.2) is 11.6 Å². The van der Waals surface area contributed by atoms with Crippen LogP contribution in [0.25, 0.3) is 0 Å². The second-order valence-electron chi connectivity index (χ2n) is 5.78. The number of alkyl halides is 12. The van der Waals surface area contributed by atoms with Crippen molar-refractivity contribution in [3.05, 3.63) is 11.6 Å². The van der Waals surface area contributed by atoms with Crippen molar-refractivity contribution in [1.82, 2.24) is 9.80 Å². The molecule has 0 bridgehead atoms. The van der Waals surface area contributed by atoms with E-state index in [9.17, 15) is 57.1 Å². The maximum absolute atomic E-state index is 13.6. The second kappa shape index (κ2) is 7.11. The molecule has 160 valence electrons. The van der Waals surface area contributed by atoms with E-state index >= 15 is 0 Å². The van der Waals surface area contributed by atoms with Crippen molar-refractivity contribution in [3.63, 3.8) is 0 Å². The van der Waals surface area contributed by atoms with Crippen LogP contribution in [0.2, 0.25) is 0 Å². The molecule has 0 aliphatic carbocycles. The van der Waals surface area contributed by atoms with Crippen molar-refractivity contribution in [2.45, 2.75) is 31.2 Å². The Morgan fingerprint density at radius 2 is 1.15 bits per heavy atom. The summed E-state index contributed by atoms with van der Waals surface area (Å²) in [7, 11) is -0.138. The molecule has 2 unspecified atom stereocenters. The first-order chi connectivity index (χ1) is 11.8. The summed E-state index contributed by atoms with van der Waals surface area (Å²) in [5.41, 5.74) is 0. The van der Waals surface area contributed by atoms with Crippen LogP contribution in [0, 0.1) is 11.8 Å². The van der Waals surface area contributed by atoms with Gasteiger partial charge >= 0.3 is 24.8 Å². The standard InChI is InChI=1S/C12H11F13N2/c1-26(12(23,24)25)8(7(13)11(20,21)22)27-3-5(9(14,15)16)2-6(4-27)10(17,18)19/h5-6H,2-4H2,1H3/b8-7-. The predicted octanol–water partition coefficient (Wildman–Crippen LogP) is 5.20. The Bertz CT molecular complexity index is 532. The van der Waals surface area contributed by atoms with Crippen molar-refractivity contribution in [3.8, 4) is 0 Å². The van der Waals surface area contributed by atoms with Gasteiger partial charge < -0.3 is 4.90 Å². The van der Waals surface area contributed by atoms with E-state index in [2.05, 4.69) is 0 Å². The Morgan fingerprint density at radius 3 is 1.41 bits per heavy atom. The first kappa shape index (κ1) is 23.5. The summed E-state index contributed by atoms with van der Waals surface area (Å²) in [6.07, 6.45) is -24.1. The molecular weight excluding hydrogens is 419 g/mol. The Kier molecular flexibility index (Phi) is 6.18. The molecule has 2 nitrogen and oxygen atoms in total. The van der Waals surface area contributed by atoms with Crippen LogP contribution in [0.1, 0.15) is 6.42 Å². The fourth-order valence-electron chi connectivity index (χ4n) is 2.49. The smallest absolute Gasteiger partial charge is 0.354 e. The highest BCUT2D eigenvalue weighted by atomic mass is 19.4. The predicted molar refractivity (Wildman–Crippen MR) is 63.3 cm³/mol. The molecule has 1 heterocycles. The summed E-state index contributed by atoms with van der Waals surface area (Å²) in [4.78, 5) is -1.82. The normalized spacial score (nSPS) is 24.0. The summed E-state index contributed by atoms with van der Waals surface area (Å²) in [5, 5.41) is 0. The average molecular weight is 430 g/mol. The van der Waals surface area contributed by atoms with Gasteiger partial charge in [-0.1, -0.05) is 0 Å². The Morgan fingerprint density at radius 1 is 0.778 bits per heavy atom. The molecule has 0 amide bonds. The van der Waals surface area contributed by atoms with Gasteiger partial charge in [0.1, 0.15) is 0 Å². The molecule has 0 N–H and O–H groups in total. The Labute approximate surface area is 143 Å². The first-order valence-corrected chi connectivity index (χ1v) is 6.92. The van der Waals surface area contributed by atoms with Crippen LogP contribution in [-0.4, -0.2) is 54.8 Å². The van der Waals surface area contributed by atoms with Crippen LogP contribution >= 0.6 is 0 Å². The monoisotopic (exact) mass is 430 g/mol. The number of nitrogens with zero attached hydrogens (tertiary/aromatic N) is 2. The van der Waals surface area contributed by atoms with Gasteiger partial charge in [-0.25, -0.2) is 0 Å². The molecule has 0 spiro atoms. The zero-order valence-electron chi connectivity index (χ0n) is 13.1. The molecule has 1 rings (SSSR count). The maximum Gasteiger partial charge on any atom is 0.485 e. The Balaban J connectivity index is 3.50. The van der Waals surface area contributed by atoms with Gasteiger partial charge in [-0.05, 0) is 6.42 Å². The quantitative estimate of drug-likeness (QED) is 0.439. The highest BCUT2D eigenvalue weighted by Gasteiger charge is 2.54. The fraction of sp³-hybridized carbons (Fsp3) is 0.833. The van der Waals surface area contributed by atoms with Gasteiger partial charge in [0.15, 0.2) is 5.82 Å². The van der Waals surface area contributed by atoms with E-state index in [0.717, 1.165) is 0 Å². The topological polar surface area (TPSA) is 6.48 Å². The molecule has 0 aromatic rings. The minimum atomic E-state index is -6.06. The van der Waals surface area contributed by atoms with Gasteiger partial charge in [0.25, 0.3) is 0 Å². The molecule has 15 heteroatoms. The van der Waals surface area contributed by atoms with E-state index in [4.69, 9.17) is 0 Å². The molecule has 1 aliphatic rings. The lowest BCUT2D eigenvalue weighted by Crippen LogP contribution is -2.53. The number of likely N-dealkylation sites (tertiary alicyclic amines) is 1. The van der Waals surface area contributed by atoms with Crippen LogP contribution in [-0.2, 0) is 0 Å². The van der Waals surface area contributed by atoms with Gasteiger partial charge in [0.2, 0.25) is 5.83 Å². The lowest BCUT2D eigenvalue weighted by Gasteiger charge is -2.43. The summed E-state index contributed by atoms with van der Waals surface area (Å²) in [5.74, 6) is -11.7. The van der Waals surface area contributed by atoms with E-state index in [0.29, 0.717) is 0 Å². The minimum Gasteiger partial charge on any atom is -0.354 e. The number of rotatable bonds is 2. The van der Waals surface area contributed by atoms with Crippen LogP contribution in [0.5, 0.6) is 0 Å². The second-order valence-corrected chi connectivity index (χ2v) is 5.78. The van der Waals surface area contributed by atoms with Gasteiger partial charge in [0.05, 0.1) is 11.8 Å². The number of hydrogen-bond donors (Lipinski definition) is 0. The molecule has 0 radical (unpaired) electrons. The number of piperidine rings is 1. The SMILES string of the molecule is CN(/C(=C(/F)C(F)(F)F)N1CC(C(F)(F)F)CC(C(F)(F)F)C1)C(F)(F)F. The number of hydrogen-bond acceptors (Lipinski definition) is 2. The maximum atomic E-state index is 13.6. The van der Waals surface area contributed by atoms with Crippen LogP contribution in [0.4, 0.5) is 57.1 Å². The van der Waals surface area contributed by atoms with Crippen molar-refractivity contribution in [1.29, 1.82) is 0 Å². The number of halogens is 13.